The molecule has 4 rings (SSSR count). The van der Waals surface area contributed by atoms with Crippen molar-refractivity contribution in [1.29, 1.82) is 0 Å². The van der Waals surface area contributed by atoms with Gasteiger partial charge in [-0.2, -0.15) is 13.2 Å². The highest BCUT2D eigenvalue weighted by Gasteiger charge is 2.31. The molecule has 0 spiro atoms. The molecule has 2 aromatic carbocycles. The van der Waals surface area contributed by atoms with E-state index >= 15 is 0 Å². The number of rotatable bonds is 9. The van der Waals surface area contributed by atoms with Gasteiger partial charge in [-0.3, -0.25) is 19.5 Å². The first kappa shape index (κ1) is 27.8. The molecule has 1 heterocycles. The van der Waals surface area contributed by atoms with E-state index in [2.05, 4.69) is 20.8 Å². The first-order valence-corrected chi connectivity index (χ1v) is 13.7. The van der Waals surface area contributed by atoms with Crippen molar-refractivity contribution in [3.05, 3.63) is 70.8 Å². The van der Waals surface area contributed by atoms with Crippen LogP contribution in [0.3, 0.4) is 0 Å². The highest BCUT2D eigenvalue weighted by molar-refractivity contribution is 5.94. The predicted octanol–water partition coefficient (Wildman–Crippen LogP) is 6.25. The van der Waals surface area contributed by atoms with Crippen molar-refractivity contribution in [2.24, 2.45) is 0 Å². The molecule has 1 aliphatic heterocycles. The van der Waals surface area contributed by atoms with E-state index in [9.17, 15) is 18.0 Å². The molecule has 2 fully saturated rings. The zero-order valence-electron chi connectivity index (χ0n) is 22.0. The Bertz CT molecular complexity index is 1010. The Morgan fingerprint density at radius 1 is 0.892 bits per heavy atom. The van der Waals surface area contributed by atoms with Gasteiger partial charge in [0.05, 0.1) is 5.56 Å². The van der Waals surface area contributed by atoms with Crippen LogP contribution in [0.15, 0.2) is 48.5 Å². The minimum Gasteiger partial charge on any atom is -0.300 e. The minimum atomic E-state index is -4.31. The number of carbonyl (C=O) groups is 1. The van der Waals surface area contributed by atoms with E-state index in [-0.39, 0.29) is 5.78 Å². The smallest absolute Gasteiger partial charge is 0.300 e. The van der Waals surface area contributed by atoms with E-state index in [1.807, 2.05) is 24.3 Å². The van der Waals surface area contributed by atoms with Gasteiger partial charge in [-0.25, -0.2) is 0 Å². The van der Waals surface area contributed by atoms with Crippen LogP contribution in [0, 0.1) is 0 Å². The number of halogens is 3. The summed E-state index contributed by atoms with van der Waals surface area (Å²) in [6.07, 6.45) is 2.87. The number of alkyl halides is 3. The number of ketones is 1. The van der Waals surface area contributed by atoms with Gasteiger partial charge in [-0.15, -0.1) is 0 Å². The Morgan fingerprint density at radius 3 is 2.22 bits per heavy atom. The molecule has 1 saturated heterocycles. The quantitative estimate of drug-likeness (QED) is 0.291. The highest BCUT2D eigenvalue weighted by Crippen LogP contribution is 2.30. The molecule has 0 bridgehead atoms. The van der Waals surface area contributed by atoms with E-state index in [1.54, 1.807) is 6.92 Å². The van der Waals surface area contributed by atoms with Crippen LogP contribution in [0.5, 0.6) is 0 Å². The molecule has 0 atom stereocenters. The van der Waals surface area contributed by atoms with Crippen molar-refractivity contribution in [1.82, 2.24) is 14.7 Å². The van der Waals surface area contributed by atoms with Gasteiger partial charge in [0.1, 0.15) is 0 Å². The fourth-order valence-corrected chi connectivity index (χ4v) is 5.68. The Kier molecular flexibility index (Phi) is 9.79. The number of nitrogens with zero attached hydrogens (tertiary/aromatic N) is 3. The lowest BCUT2D eigenvalue weighted by molar-refractivity contribution is -0.137. The lowest BCUT2D eigenvalue weighted by atomic mass is 10.0. The third-order valence-corrected chi connectivity index (χ3v) is 7.89. The maximum absolute atomic E-state index is 13.3. The molecule has 0 aromatic heterocycles. The van der Waals surface area contributed by atoms with E-state index < -0.39 is 11.7 Å². The van der Waals surface area contributed by atoms with Crippen LogP contribution in [-0.4, -0.2) is 65.8 Å². The summed E-state index contributed by atoms with van der Waals surface area (Å²) in [4.78, 5) is 19.1. The summed E-state index contributed by atoms with van der Waals surface area (Å²) in [7, 11) is 0. The van der Waals surface area contributed by atoms with Crippen molar-refractivity contribution in [2.75, 3.05) is 39.3 Å². The molecule has 0 N–H and O–H groups in total. The third-order valence-electron chi connectivity index (χ3n) is 7.89. The van der Waals surface area contributed by atoms with Gasteiger partial charge in [0, 0.05) is 64.0 Å². The second-order valence-corrected chi connectivity index (χ2v) is 10.7. The van der Waals surface area contributed by atoms with Gasteiger partial charge in [0.2, 0.25) is 0 Å². The molecule has 4 nitrogen and oxygen atoms in total. The normalized spacial score (nSPS) is 18.7. The number of Topliss-reactive ketones (excluding diaryl/α,β-unsaturated/α-hetero) is 1. The van der Waals surface area contributed by atoms with E-state index in [1.165, 1.54) is 43.4 Å². The van der Waals surface area contributed by atoms with Crippen LogP contribution in [0.2, 0.25) is 0 Å². The van der Waals surface area contributed by atoms with Crippen molar-refractivity contribution in [2.45, 2.75) is 70.8 Å². The molecule has 0 unspecified atom stereocenters. The maximum Gasteiger partial charge on any atom is 0.416 e. The minimum absolute atomic E-state index is 0.0926. The third kappa shape index (κ3) is 8.39. The molecule has 0 amide bonds. The number of carbonyl (C=O) groups excluding carboxylic acids is 1. The second-order valence-electron chi connectivity index (χ2n) is 10.7. The van der Waals surface area contributed by atoms with Crippen molar-refractivity contribution < 1.29 is 18.0 Å². The Morgan fingerprint density at radius 2 is 1.54 bits per heavy atom. The molecule has 1 aliphatic carbocycles. The van der Waals surface area contributed by atoms with Crippen LogP contribution in [0.4, 0.5) is 13.2 Å². The van der Waals surface area contributed by atoms with Crippen LogP contribution in [-0.2, 0) is 19.3 Å². The van der Waals surface area contributed by atoms with E-state index in [4.69, 9.17) is 0 Å². The monoisotopic (exact) mass is 515 g/mol. The number of hydrogen-bond donors (Lipinski definition) is 0. The van der Waals surface area contributed by atoms with Gasteiger partial charge < -0.3 is 0 Å². The van der Waals surface area contributed by atoms with Gasteiger partial charge in [0.25, 0.3) is 0 Å². The van der Waals surface area contributed by atoms with Crippen LogP contribution >= 0.6 is 0 Å². The lowest BCUT2D eigenvalue weighted by Crippen LogP contribution is -2.49. The molecule has 0 radical (unpaired) electrons. The summed E-state index contributed by atoms with van der Waals surface area (Å²) in [5.74, 6) is 0.0926. The maximum atomic E-state index is 13.3. The Labute approximate surface area is 219 Å². The number of piperazine rings is 1. The molecule has 37 heavy (non-hydrogen) atoms. The number of benzene rings is 2. The standard InChI is InChI=1S/C30H40F3N3O/c1-24(37)27-10-6-8-25(20-27)22-35-16-14-34(15-17-35)18-19-36(29-12-4-2-3-5-13-29)23-26-9-7-11-28(21-26)30(31,32)33/h6-11,20-21,29H,2-5,12-19,22-23H2,1H3. The lowest BCUT2D eigenvalue weighted by Gasteiger charge is -2.37. The first-order chi connectivity index (χ1) is 17.8. The van der Waals surface area contributed by atoms with E-state index in [0.29, 0.717) is 12.6 Å². The zero-order chi connectivity index (χ0) is 26.3. The zero-order valence-corrected chi connectivity index (χ0v) is 22.0. The summed E-state index contributed by atoms with van der Waals surface area (Å²) in [6, 6.07) is 14.2. The summed E-state index contributed by atoms with van der Waals surface area (Å²) < 4.78 is 39.9. The topological polar surface area (TPSA) is 26.8 Å². The number of hydrogen-bond acceptors (Lipinski definition) is 4. The molecular weight excluding hydrogens is 475 g/mol. The fourth-order valence-electron chi connectivity index (χ4n) is 5.68. The van der Waals surface area contributed by atoms with Crippen LogP contribution in [0.1, 0.15) is 72.5 Å². The summed E-state index contributed by atoms with van der Waals surface area (Å²) in [5, 5.41) is 0. The second kappa shape index (κ2) is 13.0. The Hall–Kier alpha value is -2.22. The molecular formula is C30H40F3N3O. The summed E-state index contributed by atoms with van der Waals surface area (Å²) in [6.45, 7) is 8.74. The molecule has 7 heteroatoms. The van der Waals surface area contributed by atoms with Crippen LogP contribution < -0.4 is 0 Å². The molecule has 2 aliphatic rings. The van der Waals surface area contributed by atoms with Gasteiger partial charge in [-0.1, -0.05) is 62.1 Å². The summed E-state index contributed by atoms with van der Waals surface area (Å²) >= 11 is 0. The molecule has 202 valence electrons. The largest absolute Gasteiger partial charge is 0.416 e. The molecule has 1 saturated carbocycles. The average molecular weight is 516 g/mol. The van der Waals surface area contributed by atoms with Gasteiger partial charge in [0.15, 0.2) is 5.78 Å². The first-order valence-electron chi connectivity index (χ1n) is 13.7. The summed E-state index contributed by atoms with van der Waals surface area (Å²) in [5.41, 5.74) is 2.12. The fraction of sp³-hybridized carbons (Fsp3) is 0.567. The van der Waals surface area contributed by atoms with E-state index in [0.717, 1.165) is 75.8 Å². The molecule has 2 aromatic rings. The van der Waals surface area contributed by atoms with Gasteiger partial charge in [-0.05, 0) is 43.0 Å². The Balaban J connectivity index is 1.33. The van der Waals surface area contributed by atoms with Crippen LogP contribution in [0.25, 0.3) is 0 Å². The van der Waals surface area contributed by atoms with Crippen molar-refractivity contribution in [3.8, 4) is 0 Å². The van der Waals surface area contributed by atoms with Gasteiger partial charge >= 0.3 is 6.18 Å². The average Bonchev–Trinajstić information content (AvgIpc) is 3.17. The predicted molar refractivity (Wildman–Crippen MR) is 142 cm³/mol. The highest BCUT2D eigenvalue weighted by atomic mass is 19.4. The van der Waals surface area contributed by atoms with Crippen molar-refractivity contribution in [3.63, 3.8) is 0 Å². The van der Waals surface area contributed by atoms with Crippen molar-refractivity contribution >= 4 is 5.78 Å². The SMILES string of the molecule is CC(=O)c1cccc(CN2CCN(CCN(Cc3cccc(C(F)(F)F)c3)C3CCCCCC3)CC2)c1.